The van der Waals surface area contributed by atoms with Crippen LogP contribution in [0.1, 0.15) is 37.3 Å². The third-order valence-corrected chi connectivity index (χ3v) is 3.73. The van der Waals surface area contributed by atoms with Crippen LogP contribution in [0.5, 0.6) is 0 Å². The van der Waals surface area contributed by atoms with Crippen molar-refractivity contribution in [1.29, 1.82) is 0 Å². The Morgan fingerprint density at radius 1 is 1.30 bits per heavy atom. The molecule has 0 aliphatic carbocycles. The summed E-state index contributed by atoms with van der Waals surface area (Å²) in [7, 11) is 0. The fourth-order valence-corrected chi connectivity index (χ4v) is 2.56. The first-order valence-corrected chi connectivity index (χ1v) is 7.00. The van der Waals surface area contributed by atoms with E-state index in [2.05, 4.69) is 12.2 Å². The molecule has 1 aromatic rings. The van der Waals surface area contributed by atoms with Gasteiger partial charge in [0.05, 0.1) is 11.7 Å². The van der Waals surface area contributed by atoms with Crippen LogP contribution in [0.3, 0.4) is 0 Å². The Bertz CT molecular complexity index is 433. The molecule has 0 spiro atoms. The highest BCUT2D eigenvalue weighted by molar-refractivity contribution is 5.29. The van der Waals surface area contributed by atoms with E-state index in [-0.39, 0.29) is 18.7 Å². The highest BCUT2D eigenvalue weighted by Crippen LogP contribution is 2.31. The van der Waals surface area contributed by atoms with Crippen molar-refractivity contribution in [3.63, 3.8) is 0 Å². The lowest BCUT2D eigenvalue weighted by Crippen LogP contribution is -2.38. The average molecular weight is 287 g/mol. The molecular weight excluding hydrogens is 267 g/mol. The minimum atomic E-state index is -4.29. The van der Waals surface area contributed by atoms with Crippen molar-refractivity contribution in [3.8, 4) is 0 Å². The molecular formula is C15H20F3NO. The van der Waals surface area contributed by atoms with E-state index in [1.165, 1.54) is 12.1 Å². The summed E-state index contributed by atoms with van der Waals surface area (Å²) >= 11 is 0. The number of hydrogen-bond acceptors (Lipinski definition) is 2. The summed E-state index contributed by atoms with van der Waals surface area (Å²) in [5.41, 5.74) is -0.244. The summed E-state index contributed by atoms with van der Waals surface area (Å²) in [6, 6.07) is 5.97. The van der Waals surface area contributed by atoms with E-state index in [1.807, 2.05) is 0 Å². The highest BCUT2D eigenvalue weighted by atomic mass is 19.4. The van der Waals surface area contributed by atoms with Gasteiger partial charge in [-0.2, -0.15) is 13.2 Å². The van der Waals surface area contributed by atoms with Gasteiger partial charge in [0.25, 0.3) is 0 Å². The Kier molecular flexibility index (Phi) is 5.05. The van der Waals surface area contributed by atoms with Gasteiger partial charge in [-0.15, -0.1) is 0 Å². The molecule has 0 radical (unpaired) electrons. The Morgan fingerprint density at radius 2 is 2.05 bits per heavy atom. The fourth-order valence-electron chi connectivity index (χ4n) is 2.56. The second kappa shape index (κ2) is 6.59. The van der Waals surface area contributed by atoms with Gasteiger partial charge in [0.15, 0.2) is 0 Å². The molecule has 1 fully saturated rings. The summed E-state index contributed by atoms with van der Waals surface area (Å²) in [5.74, 6) is 0. The number of nitrogens with one attached hydrogen (secondary N) is 1. The van der Waals surface area contributed by atoms with Crippen LogP contribution in [-0.2, 0) is 17.5 Å². The van der Waals surface area contributed by atoms with Gasteiger partial charge in [0.1, 0.15) is 0 Å². The van der Waals surface area contributed by atoms with E-state index in [4.69, 9.17) is 4.74 Å². The molecule has 0 amide bonds. The predicted molar refractivity (Wildman–Crippen MR) is 71.3 cm³/mol. The van der Waals surface area contributed by atoms with Gasteiger partial charge in [-0.1, -0.05) is 25.1 Å². The van der Waals surface area contributed by atoms with Crippen LogP contribution < -0.4 is 5.32 Å². The van der Waals surface area contributed by atoms with Crippen molar-refractivity contribution in [2.24, 2.45) is 0 Å². The molecule has 1 aromatic carbocycles. The SMILES string of the molecule is CCC1CC(NCc2ccccc2C(F)(F)F)CCO1. The maximum Gasteiger partial charge on any atom is 0.416 e. The topological polar surface area (TPSA) is 21.3 Å². The molecule has 0 saturated carbocycles. The molecule has 1 heterocycles. The normalized spacial score (nSPS) is 23.8. The first-order valence-electron chi connectivity index (χ1n) is 7.00. The van der Waals surface area contributed by atoms with E-state index in [0.717, 1.165) is 25.3 Å². The van der Waals surface area contributed by atoms with Gasteiger partial charge in [0, 0.05) is 19.2 Å². The van der Waals surface area contributed by atoms with Gasteiger partial charge in [0.2, 0.25) is 0 Å². The first-order chi connectivity index (χ1) is 9.50. The van der Waals surface area contributed by atoms with E-state index in [9.17, 15) is 13.2 Å². The first kappa shape index (κ1) is 15.3. The number of alkyl halides is 3. The molecule has 1 saturated heterocycles. The van der Waals surface area contributed by atoms with Crippen LogP contribution in [0.25, 0.3) is 0 Å². The summed E-state index contributed by atoms with van der Waals surface area (Å²) in [4.78, 5) is 0. The van der Waals surface area contributed by atoms with Crippen molar-refractivity contribution in [1.82, 2.24) is 5.32 Å². The van der Waals surface area contributed by atoms with Crippen LogP contribution >= 0.6 is 0 Å². The van der Waals surface area contributed by atoms with Crippen molar-refractivity contribution in [2.45, 2.75) is 51.1 Å². The molecule has 0 aromatic heterocycles. The van der Waals surface area contributed by atoms with Gasteiger partial charge in [-0.05, 0) is 30.9 Å². The quantitative estimate of drug-likeness (QED) is 0.910. The molecule has 1 aliphatic rings. The van der Waals surface area contributed by atoms with Crippen molar-refractivity contribution in [2.75, 3.05) is 6.61 Å². The lowest BCUT2D eigenvalue weighted by Gasteiger charge is -2.30. The smallest absolute Gasteiger partial charge is 0.378 e. The standard InChI is InChI=1S/C15H20F3NO/c1-2-13-9-12(7-8-20-13)19-10-11-5-3-4-6-14(11)15(16,17)18/h3-6,12-13,19H,2,7-10H2,1H3. The summed E-state index contributed by atoms with van der Waals surface area (Å²) in [6.45, 7) is 2.99. The molecule has 5 heteroatoms. The summed E-state index contributed by atoms with van der Waals surface area (Å²) in [6.07, 6.45) is -1.41. The van der Waals surface area contributed by atoms with Crippen LogP contribution in [0.15, 0.2) is 24.3 Å². The predicted octanol–water partition coefficient (Wildman–Crippen LogP) is 3.75. The van der Waals surface area contributed by atoms with E-state index in [0.29, 0.717) is 12.2 Å². The summed E-state index contributed by atoms with van der Waals surface area (Å²) < 4.78 is 44.2. The minimum Gasteiger partial charge on any atom is -0.378 e. The molecule has 1 N–H and O–H groups in total. The van der Waals surface area contributed by atoms with Crippen molar-refractivity contribution < 1.29 is 17.9 Å². The Balaban J connectivity index is 1.97. The monoisotopic (exact) mass is 287 g/mol. The molecule has 2 unspecified atom stereocenters. The molecule has 2 rings (SSSR count). The van der Waals surface area contributed by atoms with Crippen LogP contribution in [-0.4, -0.2) is 18.8 Å². The van der Waals surface area contributed by atoms with Gasteiger partial charge < -0.3 is 10.1 Å². The number of ether oxygens (including phenoxy) is 1. The number of hydrogen-bond donors (Lipinski definition) is 1. The summed E-state index contributed by atoms with van der Waals surface area (Å²) in [5, 5.41) is 3.23. The number of halogens is 3. The number of benzene rings is 1. The lowest BCUT2D eigenvalue weighted by molar-refractivity contribution is -0.138. The molecule has 2 nitrogen and oxygen atoms in total. The van der Waals surface area contributed by atoms with E-state index >= 15 is 0 Å². The average Bonchev–Trinajstić information content (AvgIpc) is 2.44. The van der Waals surface area contributed by atoms with Crippen LogP contribution in [0.4, 0.5) is 13.2 Å². The van der Waals surface area contributed by atoms with Crippen LogP contribution in [0, 0.1) is 0 Å². The fraction of sp³-hybridized carbons (Fsp3) is 0.600. The van der Waals surface area contributed by atoms with Crippen LogP contribution in [0.2, 0.25) is 0 Å². The Labute approximate surface area is 117 Å². The maximum absolute atomic E-state index is 12.9. The van der Waals surface area contributed by atoms with Crippen molar-refractivity contribution >= 4 is 0 Å². The minimum absolute atomic E-state index is 0.221. The zero-order chi connectivity index (χ0) is 14.6. The second-order valence-corrected chi connectivity index (χ2v) is 5.16. The molecule has 0 bridgehead atoms. The number of rotatable bonds is 4. The van der Waals surface area contributed by atoms with Crippen molar-refractivity contribution in [3.05, 3.63) is 35.4 Å². The zero-order valence-electron chi connectivity index (χ0n) is 11.5. The molecule has 20 heavy (non-hydrogen) atoms. The second-order valence-electron chi connectivity index (χ2n) is 5.16. The van der Waals surface area contributed by atoms with E-state index in [1.54, 1.807) is 6.07 Å². The highest BCUT2D eigenvalue weighted by Gasteiger charge is 2.33. The molecule has 2 atom stereocenters. The molecule has 112 valence electrons. The largest absolute Gasteiger partial charge is 0.416 e. The Morgan fingerprint density at radius 3 is 2.75 bits per heavy atom. The molecule has 1 aliphatic heterocycles. The Hall–Kier alpha value is -1.07. The zero-order valence-corrected chi connectivity index (χ0v) is 11.5. The maximum atomic E-state index is 12.9. The van der Waals surface area contributed by atoms with E-state index < -0.39 is 11.7 Å². The van der Waals surface area contributed by atoms with Gasteiger partial charge in [-0.25, -0.2) is 0 Å². The van der Waals surface area contributed by atoms with Gasteiger partial charge >= 0.3 is 6.18 Å². The third kappa shape index (κ3) is 3.96. The van der Waals surface area contributed by atoms with Gasteiger partial charge in [-0.3, -0.25) is 0 Å². The third-order valence-electron chi connectivity index (χ3n) is 3.73. The lowest BCUT2D eigenvalue weighted by atomic mass is 10.0.